The summed E-state index contributed by atoms with van der Waals surface area (Å²) in [6.07, 6.45) is 6.12. The van der Waals surface area contributed by atoms with Crippen molar-refractivity contribution in [3.8, 4) is 0 Å². The zero-order valence-electron chi connectivity index (χ0n) is 13.3. The second kappa shape index (κ2) is 6.18. The van der Waals surface area contributed by atoms with Crippen molar-refractivity contribution >= 4 is 11.9 Å². The standard InChI is InChI=1S/C17H22N2O4/c1-11-6-7-18(15(20)8-11)10-16(21)19-13-5-3-2-4-12(13)9-14(19)17(22)23/h6-8,12-14H,2-5,9-10H2,1H3,(H,22,23). The van der Waals surface area contributed by atoms with Gasteiger partial charge in [0.15, 0.2) is 0 Å². The molecule has 0 spiro atoms. The Labute approximate surface area is 134 Å². The Hall–Kier alpha value is -2.11. The van der Waals surface area contributed by atoms with E-state index in [2.05, 4.69) is 0 Å². The van der Waals surface area contributed by atoms with Gasteiger partial charge in [-0.15, -0.1) is 0 Å². The third-order valence-electron chi connectivity index (χ3n) is 5.12. The molecule has 23 heavy (non-hydrogen) atoms. The summed E-state index contributed by atoms with van der Waals surface area (Å²) >= 11 is 0. The summed E-state index contributed by atoms with van der Waals surface area (Å²) in [5.74, 6) is -0.926. The lowest BCUT2D eigenvalue weighted by Crippen LogP contribution is -2.48. The van der Waals surface area contributed by atoms with Crippen molar-refractivity contribution in [3.63, 3.8) is 0 Å². The predicted molar refractivity (Wildman–Crippen MR) is 84.1 cm³/mol. The average molecular weight is 318 g/mol. The Bertz CT molecular complexity index is 681. The molecule has 1 saturated carbocycles. The highest BCUT2D eigenvalue weighted by Gasteiger charge is 2.47. The van der Waals surface area contributed by atoms with Crippen LogP contribution in [0.3, 0.4) is 0 Å². The smallest absolute Gasteiger partial charge is 0.326 e. The summed E-state index contributed by atoms with van der Waals surface area (Å²) in [5, 5.41) is 9.47. The van der Waals surface area contributed by atoms with Gasteiger partial charge >= 0.3 is 5.97 Å². The monoisotopic (exact) mass is 318 g/mol. The van der Waals surface area contributed by atoms with E-state index in [9.17, 15) is 19.5 Å². The van der Waals surface area contributed by atoms with Gasteiger partial charge in [0, 0.05) is 18.3 Å². The molecule has 6 nitrogen and oxygen atoms in total. The van der Waals surface area contributed by atoms with E-state index in [1.807, 2.05) is 6.92 Å². The number of fused-ring (bicyclic) bond motifs is 1. The molecule has 0 bridgehead atoms. The number of carbonyl (C=O) groups excluding carboxylic acids is 1. The SMILES string of the molecule is Cc1ccn(CC(=O)N2C(C(=O)O)CC3CCCCC32)c(=O)c1. The van der Waals surface area contributed by atoms with Gasteiger partial charge in [-0.2, -0.15) is 0 Å². The number of likely N-dealkylation sites (tertiary alicyclic amines) is 1. The van der Waals surface area contributed by atoms with Crippen LogP contribution in [-0.4, -0.2) is 38.5 Å². The summed E-state index contributed by atoms with van der Waals surface area (Å²) in [5.41, 5.74) is 0.611. The Morgan fingerprint density at radius 2 is 2.04 bits per heavy atom. The fraction of sp³-hybridized carbons (Fsp3) is 0.588. The van der Waals surface area contributed by atoms with Gasteiger partial charge in [-0.3, -0.25) is 9.59 Å². The Balaban J connectivity index is 1.83. The van der Waals surface area contributed by atoms with Crippen LogP contribution in [0, 0.1) is 12.8 Å². The maximum Gasteiger partial charge on any atom is 0.326 e. The molecule has 1 aliphatic carbocycles. The van der Waals surface area contributed by atoms with Crippen LogP contribution in [0.15, 0.2) is 23.1 Å². The van der Waals surface area contributed by atoms with Gasteiger partial charge < -0.3 is 14.6 Å². The molecule has 1 amide bonds. The highest BCUT2D eigenvalue weighted by molar-refractivity contribution is 5.84. The fourth-order valence-electron chi connectivity index (χ4n) is 4.00. The van der Waals surface area contributed by atoms with Gasteiger partial charge in [0.1, 0.15) is 12.6 Å². The lowest BCUT2D eigenvalue weighted by molar-refractivity contribution is -0.150. The van der Waals surface area contributed by atoms with E-state index >= 15 is 0 Å². The van der Waals surface area contributed by atoms with Crippen molar-refractivity contribution in [2.75, 3.05) is 0 Å². The first-order valence-corrected chi connectivity index (χ1v) is 8.18. The molecule has 2 heterocycles. The molecule has 1 N–H and O–H groups in total. The molecule has 1 aliphatic heterocycles. The van der Waals surface area contributed by atoms with E-state index in [4.69, 9.17) is 0 Å². The number of hydrogen-bond acceptors (Lipinski definition) is 3. The summed E-state index contributed by atoms with van der Waals surface area (Å²) < 4.78 is 1.35. The minimum Gasteiger partial charge on any atom is -0.480 e. The van der Waals surface area contributed by atoms with E-state index in [1.54, 1.807) is 17.2 Å². The zero-order valence-corrected chi connectivity index (χ0v) is 13.3. The molecular weight excluding hydrogens is 296 g/mol. The van der Waals surface area contributed by atoms with Crippen LogP contribution in [0.1, 0.15) is 37.7 Å². The van der Waals surface area contributed by atoms with Crippen molar-refractivity contribution in [1.29, 1.82) is 0 Å². The van der Waals surface area contributed by atoms with Crippen molar-refractivity contribution in [3.05, 3.63) is 34.2 Å². The van der Waals surface area contributed by atoms with Gasteiger partial charge in [-0.25, -0.2) is 4.79 Å². The van der Waals surface area contributed by atoms with Gasteiger partial charge in [0.05, 0.1) is 0 Å². The maximum absolute atomic E-state index is 12.7. The molecule has 1 aromatic heterocycles. The highest BCUT2D eigenvalue weighted by Crippen LogP contribution is 2.39. The van der Waals surface area contributed by atoms with E-state index in [1.165, 1.54) is 10.6 Å². The number of carboxylic acid groups (broad SMARTS) is 1. The predicted octanol–water partition coefficient (Wildman–Crippen LogP) is 1.40. The quantitative estimate of drug-likeness (QED) is 0.913. The van der Waals surface area contributed by atoms with E-state index in [0.717, 1.165) is 31.2 Å². The average Bonchev–Trinajstić information content (AvgIpc) is 2.90. The molecule has 3 unspecified atom stereocenters. The van der Waals surface area contributed by atoms with Crippen LogP contribution in [0.4, 0.5) is 0 Å². The van der Waals surface area contributed by atoms with E-state index in [-0.39, 0.29) is 30.0 Å². The molecular formula is C17H22N2O4. The second-order valence-electron chi connectivity index (χ2n) is 6.67. The van der Waals surface area contributed by atoms with Crippen LogP contribution in [0.2, 0.25) is 0 Å². The van der Waals surface area contributed by atoms with Crippen molar-refractivity contribution in [2.45, 2.75) is 57.7 Å². The molecule has 1 saturated heterocycles. The number of amides is 1. The molecule has 124 valence electrons. The Morgan fingerprint density at radius 1 is 1.30 bits per heavy atom. The van der Waals surface area contributed by atoms with E-state index < -0.39 is 12.0 Å². The highest BCUT2D eigenvalue weighted by atomic mass is 16.4. The van der Waals surface area contributed by atoms with Crippen molar-refractivity contribution in [1.82, 2.24) is 9.47 Å². The maximum atomic E-state index is 12.7. The molecule has 2 aliphatic rings. The second-order valence-corrected chi connectivity index (χ2v) is 6.67. The third-order valence-corrected chi connectivity index (χ3v) is 5.12. The van der Waals surface area contributed by atoms with Crippen LogP contribution in [-0.2, 0) is 16.1 Å². The minimum atomic E-state index is -0.941. The summed E-state index contributed by atoms with van der Waals surface area (Å²) in [6.45, 7) is 1.73. The zero-order chi connectivity index (χ0) is 16.6. The Kier molecular flexibility index (Phi) is 4.24. The van der Waals surface area contributed by atoms with Crippen molar-refractivity contribution in [2.24, 2.45) is 5.92 Å². The van der Waals surface area contributed by atoms with Gasteiger partial charge in [0.25, 0.3) is 5.56 Å². The number of nitrogens with zero attached hydrogens (tertiary/aromatic N) is 2. The summed E-state index contributed by atoms with van der Waals surface area (Å²) in [4.78, 5) is 37.8. The number of rotatable bonds is 3. The Morgan fingerprint density at radius 3 is 2.74 bits per heavy atom. The molecule has 3 atom stereocenters. The number of carboxylic acids is 1. The summed E-state index contributed by atoms with van der Waals surface area (Å²) in [7, 11) is 0. The lowest BCUT2D eigenvalue weighted by Gasteiger charge is -2.33. The van der Waals surface area contributed by atoms with Gasteiger partial charge in [-0.05, 0) is 43.7 Å². The lowest BCUT2D eigenvalue weighted by atomic mass is 9.85. The van der Waals surface area contributed by atoms with Crippen LogP contribution < -0.4 is 5.56 Å². The fourth-order valence-corrected chi connectivity index (χ4v) is 4.00. The van der Waals surface area contributed by atoms with Crippen LogP contribution >= 0.6 is 0 Å². The molecule has 0 radical (unpaired) electrons. The number of carbonyl (C=O) groups is 2. The van der Waals surface area contributed by atoms with Crippen LogP contribution in [0.25, 0.3) is 0 Å². The number of hydrogen-bond donors (Lipinski definition) is 1. The number of aromatic nitrogens is 1. The third kappa shape index (κ3) is 3.02. The van der Waals surface area contributed by atoms with Crippen LogP contribution in [0.5, 0.6) is 0 Å². The van der Waals surface area contributed by atoms with Gasteiger partial charge in [0.2, 0.25) is 5.91 Å². The molecule has 3 rings (SSSR count). The van der Waals surface area contributed by atoms with E-state index in [0.29, 0.717) is 6.42 Å². The first-order valence-electron chi connectivity index (χ1n) is 8.18. The largest absolute Gasteiger partial charge is 0.480 e. The number of pyridine rings is 1. The topological polar surface area (TPSA) is 79.6 Å². The summed E-state index contributed by atoms with van der Waals surface area (Å²) in [6, 6.07) is 2.52. The first-order chi connectivity index (χ1) is 11.0. The minimum absolute atomic E-state index is 0.0125. The number of aryl methyl sites for hydroxylation is 1. The molecule has 1 aromatic rings. The van der Waals surface area contributed by atoms with Gasteiger partial charge in [-0.1, -0.05) is 12.8 Å². The molecule has 0 aromatic carbocycles. The normalized spacial score (nSPS) is 26.8. The number of aliphatic carboxylic acids is 1. The van der Waals surface area contributed by atoms with Crippen molar-refractivity contribution < 1.29 is 14.7 Å². The molecule has 2 fully saturated rings. The molecule has 6 heteroatoms. The first kappa shape index (κ1) is 15.8.